The van der Waals surface area contributed by atoms with Crippen molar-refractivity contribution in [3.8, 4) is 0 Å². The highest BCUT2D eigenvalue weighted by Gasteiger charge is 2.39. The van der Waals surface area contributed by atoms with Crippen molar-refractivity contribution < 1.29 is 9.53 Å². The van der Waals surface area contributed by atoms with E-state index in [0.29, 0.717) is 19.6 Å². The summed E-state index contributed by atoms with van der Waals surface area (Å²) < 4.78 is 5.24. The first-order valence-corrected chi connectivity index (χ1v) is 7.11. The lowest BCUT2D eigenvalue weighted by molar-refractivity contribution is -0.152. The van der Waals surface area contributed by atoms with Gasteiger partial charge < -0.3 is 4.74 Å². The second kappa shape index (κ2) is 8.29. The number of carbonyl (C=O) groups excluding carboxylic acids is 1. The molecule has 0 amide bonds. The van der Waals surface area contributed by atoms with Crippen LogP contribution in [0.5, 0.6) is 0 Å². The van der Waals surface area contributed by atoms with E-state index in [1.165, 1.54) is 0 Å². The molecular weight excluding hydrogens is 268 g/mol. The average molecular weight is 290 g/mol. The summed E-state index contributed by atoms with van der Waals surface area (Å²) >= 11 is 0. The van der Waals surface area contributed by atoms with Crippen LogP contribution in [-0.4, -0.2) is 25.7 Å². The highest BCUT2D eigenvalue weighted by atomic mass is 16.5. The largest absolute Gasteiger partial charge is 0.464 e. The fourth-order valence-corrected chi connectivity index (χ4v) is 2.22. The van der Waals surface area contributed by atoms with Gasteiger partial charge in [-0.25, -0.2) is 4.79 Å². The van der Waals surface area contributed by atoms with Gasteiger partial charge in [-0.2, -0.15) is 0 Å². The molecule has 6 heteroatoms. The highest BCUT2D eigenvalue weighted by molar-refractivity contribution is 5.82. The molecule has 0 aliphatic rings. The van der Waals surface area contributed by atoms with E-state index in [4.69, 9.17) is 10.3 Å². The first kappa shape index (κ1) is 17.0. The van der Waals surface area contributed by atoms with Gasteiger partial charge in [0.25, 0.3) is 0 Å². The van der Waals surface area contributed by atoms with Crippen LogP contribution in [-0.2, 0) is 15.1 Å². The normalized spacial score (nSPS) is 13.1. The van der Waals surface area contributed by atoms with Crippen LogP contribution < -0.4 is 5.32 Å². The quantitative estimate of drug-likeness (QED) is 0.262. The van der Waals surface area contributed by atoms with Gasteiger partial charge in [-0.05, 0) is 31.4 Å². The molecule has 1 aromatic rings. The number of carbonyl (C=O) groups is 1. The van der Waals surface area contributed by atoms with Gasteiger partial charge in [-0.15, -0.1) is 0 Å². The predicted molar refractivity (Wildman–Crippen MR) is 81.8 cm³/mol. The number of nitrogens with zero attached hydrogens (tertiary/aromatic N) is 3. The monoisotopic (exact) mass is 290 g/mol. The molecule has 0 fully saturated rings. The molecule has 0 saturated heterocycles. The van der Waals surface area contributed by atoms with Crippen LogP contribution in [0.1, 0.15) is 31.4 Å². The van der Waals surface area contributed by atoms with Crippen molar-refractivity contribution in [2.75, 3.05) is 19.7 Å². The fourth-order valence-electron chi connectivity index (χ4n) is 2.22. The molecule has 1 aromatic carbocycles. The van der Waals surface area contributed by atoms with E-state index in [9.17, 15) is 4.79 Å². The van der Waals surface area contributed by atoms with Crippen LogP contribution >= 0.6 is 0 Å². The Hall–Kier alpha value is -2.04. The molecule has 0 saturated carbocycles. The van der Waals surface area contributed by atoms with Crippen LogP contribution in [0, 0.1) is 6.92 Å². The number of nitrogens with one attached hydrogen (secondary N) is 1. The van der Waals surface area contributed by atoms with Crippen LogP contribution in [0.15, 0.2) is 29.4 Å². The fraction of sp³-hybridized carbons (Fsp3) is 0.533. The van der Waals surface area contributed by atoms with E-state index in [2.05, 4.69) is 15.3 Å². The van der Waals surface area contributed by atoms with Crippen LogP contribution in [0.3, 0.4) is 0 Å². The van der Waals surface area contributed by atoms with E-state index < -0.39 is 5.54 Å². The molecular formula is C15H22N4O2. The van der Waals surface area contributed by atoms with Crippen molar-refractivity contribution in [3.05, 3.63) is 45.8 Å². The number of aryl methyl sites for hydroxylation is 1. The Morgan fingerprint density at radius 1 is 1.38 bits per heavy atom. The van der Waals surface area contributed by atoms with Gasteiger partial charge in [-0.3, -0.25) is 5.32 Å². The van der Waals surface area contributed by atoms with Crippen LogP contribution in [0.2, 0.25) is 0 Å². The molecule has 1 atom stereocenters. The zero-order valence-electron chi connectivity index (χ0n) is 12.8. The smallest absolute Gasteiger partial charge is 0.330 e. The van der Waals surface area contributed by atoms with Gasteiger partial charge in [0.05, 0.1) is 6.61 Å². The van der Waals surface area contributed by atoms with E-state index in [0.717, 1.165) is 11.1 Å². The summed E-state index contributed by atoms with van der Waals surface area (Å²) in [6.45, 7) is 6.72. The van der Waals surface area contributed by atoms with Crippen molar-refractivity contribution in [3.63, 3.8) is 0 Å². The van der Waals surface area contributed by atoms with Gasteiger partial charge in [0.2, 0.25) is 0 Å². The number of hydrogen-bond acceptors (Lipinski definition) is 4. The number of esters is 1. The Bertz CT molecular complexity index is 509. The summed E-state index contributed by atoms with van der Waals surface area (Å²) in [5, 5.41) is 6.69. The molecule has 0 heterocycles. The minimum Gasteiger partial charge on any atom is -0.464 e. The van der Waals surface area contributed by atoms with Crippen molar-refractivity contribution in [2.45, 2.75) is 32.7 Å². The predicted octanol–water partition coefficient (Wildman–Crippen LogP) is 3.06. The highest BCUT2D eigenvalue weighted by Crippen LogP contribution is 2.27. The standard InChI is InChI=1S/C15H22N4O2/c1-4-15(14(20)21-5-2,17-10-11-18-19-16)13-8-6-12(3)7-9-13/h6-9,17H,4-5,10-11H2,1-3H3. The number of azide groups is 1. The van der Waals surface area contributed by atoms with E-state index in [1.807, 2.05) is 38.1 Å². The number of rotatable bonds is 8. The lowest BCUT2D eigenvalue weighted by Crippen LogP contribution is -2.50. The summed E-state index contributed by atoms with van der Waals surface area (Å²) in [6.07, 6.45) is 0.547. The first-order valence-electron chi connectivity index (χ1n) is 7.11. The number of benzene rings is 1. The second-order valence-electron chi connectivity index (χ2n) is 4.73. The zero-order valence-corrected chi connectivity index (χ0v) is 12.8. The molecule has 0 spiro atoms. The van der Waals surface area contributed by atoms with Crippen LogP contribution in [0.25, 0.3) is 10.4 Å². The Morgan fingerprint density at radius 2 is 2.05 bits per heavy atom. The minimum atomic E-state index is -0.908. The summed E-state index contributed by atoms with van der Waals surface area (Å²) in [7, 11) is 0. The van der Waals surface area contributed by atoms with Gasteiger partial charge in [-0.1, -0.05) is 41.9 Å². The van der Waals surface area contributed by atoms with Gasteiger partial charge in [0.15, 0.2) is 0 Å². The molecule has 0 bridgehead atoms. The van der Waals surface area contributed by atoms with Gasteiger partial charge in [0, 0.05) is 18.0 Å². The molecule has 1 N–H and O–H groups in total. The second-order valence-corrected chi connectivity index (χ2v) is 4.73. The average Bonchev–Trinajstić information content (AvgIpc) is 2.49. The van der Waals surface area contributed by atoms with E-state index in [1.54, 1.807) is 6.92 Å². The molecule has 0 radical (unpaired) electrons. The SMILES string of the molecule is CCOC(=O)C(CC)(NCCN=[N+]=[N-])c1ccc(C)cc1. The topological polar surface area (TPSA) is 87.1 Å². The van der Waals surface area contributed by atoms with Crippen molar-refractivity contribution in [1.29, 1.82) is 0 Å². The molecule has 0 aliphatic carbocycles. The lowest BCUT2D eigenvalue weighted by atomic mass is 9.86. The van der Waals surface area contributed by atoms with E-state index >= 15 is 0 Å². The summed E-state index contributed by atoms with van der Waals surface area (Å²) in [6, 6.07) is 7.79. The van der Waals surface area contributed by atoms with E-state index in [-0.39, 0.29) is 12.5 Å². The molecule has 114 valence electrons. The van der Waals surface area contributed by atoms with Gasteiger partial charge in [0.1, 0.15) is 5.54 Å². The zero-order chi connectivity index (χ0) is 15.7. The van der Waals surface area contributed by atoms with Crippen molar-refractivity contribution in [1.82, 2.24) is 5.32 Å². The van der Waals surface area contributed by atoms with Crippen molar-refractivity contribution >= 4 is 5.97 Å². The Balaban J connectivity index is 3.08. The summed E-state index contributed by atoms with van der Waals surface area (Å²) in [5.41, 5.74) is 9.41. The summed E-state index contributed by atoms with van der Waals surface area (Å²) in [4.78, 5) is 15.2. The molecule has 0 aliphatic heterocycles. The third-order valence-electron chi connectivity index (χ3n) is 3.40. The van der Waals surface area contributed by atoms with Crippen molar-refractivity contribution in [2.24, 2.45) is 5.11 Å². The maximum atomic E-state index is 12.5. The minimum absolute atomic E-state index is 0.281. The molecule has 1 unspecified atom stereocenters. The maximum absolute atomic E-state index is 12.5. The third kappa shape index (κ3) is 4.21. The number of ether oxygens (including phenoxy) is 1. The van der Waals surface area contributed by atoms with Gasteiger partial charge >= 0.3 is 5.97 Å². The molecule has 0 aromatic heterocycles. The third-order valence-corrected chi connectivity index (χ3v) is 3.40. The number of hydrogen-bond donors (Lipinski definition) is 1. The molecule has 1 rings (SSSR count). The Labute approximate surface area is 125 Å². The first-order chi connectivity index (χ1) is 10.1. The summed E-state index contributed by atoms with van der Waals surface area (Å²) in [5.74, 6) is -0.308. The Morgan fingerprint density at radius 3 is 2.57 bits per heavy atom. The molecule has 21 heavy (non-hydrogen) atoms. The maximum Gasteiger partial charge on any atom is 0.330 e. The van der Waals surface area contributed by atoms with Crippen LogP contribution in [0.4, 0.5) is 0 Å². The lowest BCUT2D eigenvalue weighted by Gasteiger charge is -2.32. The Kier molecular flexibility index (Phi) is 6.72. The molecule has 6 nitrogen and oxygen atoms in total.